The molecule has 0 aliphatic rings. The largest absolute Gasteiger partial charge is 0.478 e. The van der Waals surface area contributed by atoms with Crippen LogP contribution in [-0.2, 0) is 11.2 Å². The molecule has 0 bridgehead atoms. The molecule has 0 heterocycles. The number of benzene rings is 2. The summed E-state index contributed by atoms with van der Waals surface area (Å²) in [6.07, 6.45) is 1.10. The van der Waals surface area contributed by atoms with Crippen molar-refractivity contribution < 1.29 is 23.5 Å². The number of carboxylic acids is 1. The van der Waals surface area contributed by atoms with E-state index in [-0.39, 0.29) is 23.5 Å². The fourth-order valence-electron chi connectivity index (χ4n) is 2.11. The van der Waals surface area contributed by atoms with Crippen molar-refractivity contribution in [2.24, 2.45) is 0 Å². The van der Waals surface area contributed by atoms with Crippen molar-refractivity contribution in [1.82, 2.24) is 0 Å². The second-order valence-corrected chi connectivity index (χ2v) is 5.03. The Labute approximate surface area is 131 Å². The highest BCUT2D eigenvalue weighted by molar-refractivity contribution is 5.94. The molecule has 4 nitrogen and oxygen atoms in total. The van der Waals surface area contributed by atoms with E-state index in [1.54, 1.807) is 12.1 Å². The molecule has 0 spiro atoms. The van der Waals surface area contributed by atoms with Crippen molar-refractivity contribution in [2.45, 2.75) is 19.3 Å². The molecule has 2 aromatic rings. The van der Waals surface area contributed by atoms with E-state index in [0.29, 0.717) is 12.8 Å². The maximum Gasteiger partial charge on any atom is 0.335 e. The van der Waals surface area contributed by atoms with Crippen LogP contribution in [0.2, 0.25) is 0 Å². The first-order valence-corrected chi connectivity index (χ1v) is 7.03. The zero-order chi connectivity index (χ0) is 16.8. The predicted octanol–water partition coefficient (Wildman–Crippen LogP) is 3.62. The zero-order valence-electron chi connectivity index (χ0n) is 12.2. The zero-order valence-corrected chi connectivity index (χ0v) is 12.2. The van der Waals surface area contributed by atoms with Crippen LogP contribution >= 0.6 is 0 Å². The molecule has 0 saturated heterocycles. The highest BCUT2D eigenvalue weighted by Gasteiger charge is 2.11. The fraction of sp³-hybridized carbons (Fsp3) is 0.176. The number of carbonyl (C=O) groups is 2. The molecule has 6 heteroatoms. The Bertz CT molecular complexity index is 732. The molecule has 2 rings (SSSR count). The molecular formula is C17H15F2NO3. The van der Waals surface area contributed by atoms with Crippen molar-refractivity contribution in [2.75, 3.05) is 5.32 Å². The molecule has 23 heavy (non-hydrogen) atoms. The number of carboxylic acid groups (broad SMARTS) is 1. The Kier molecular flexibility index (Phi) is 5.41. The maximum atomic E-state index is 13.6. The van der Waals surface area contributed by atoms with Crippen LogP contribution in [0.1, 0.15) is 28.8 Å². The minimum atomic E-state index is -1.20. The van der Waals surface area contributed by atoms with E-state index >= 15 is 0 Å². The number of nitrogens with one attached hydrogen (secondary N) is 1. The van der Waals surface area contributed by atoms with Crippen LogP contribution in [0.15, 0.2) is 42.5 Å². The summed E-state index contributed by atoms with van der Waals surface area (Å²) in [7, 11) is 0. The molecule has 0 aliphatic heterocycles. The Balaban J connectivity index is 1.90. The lowest BCUT2D eigenvalue weighted by molar-refractivity contribution is -0.116. The first-order chi connectivity index (χ1) is 11.0. The lowest BCUT2D eigenvalue weighted by atomic mass is 10.1. The van der Waals surface area contributed by atoms with Gasteiger partial charge in [0.25, 0.3) is 0 Å². The highest BCUT2D eigenvalue weighted by Crippen LogP contribution is 2.17. The van der Waals surface area contributed by atoms with E-state index in [9.17, 15) is 18.4 Å². The van der Waals surface area contributed by atoms with Crippen LogP contribution in [0.3, 0.4) is 0 Å². The van der Waals surface area contributed by atoms with Crippen LogP contribution in [-0.4, -0.2) is 17.0 Å². The Morgan fingerprint density at radius 2 is 1.87 bits per heavy atom. The van der Waals surface area contributed by atoms with Crippen molar-refractivity contribution in [3.05, 3.63) is 65.2 Å². The van der Waals surface area contributed by atoms with Crippen LogP contribution in [0.5, 0.6) is 0 Å². The third-order valence-electron chi connectivity index (χ3n) is 3.25. The van der Waals surface area contributed by atoms with Crippen molar-refractivity contribution in [1.29, 1.82) is 0 Å². The van der Waals surface area contributed by atoms with Gasteiger partial charge in [-0.25, -0.2) is 13.6 Å². The molecule has 2 N–H and O–H groups in total. The molecule has 120 valence electrons. The third-order valence-corrected chi connectivity index (χ3v) is 3.25. The number of aryl methyl sites for hydroxylation is 1. The molecule has 0 fully saturated rings. The molecule has 0 aromatic heterocycles. The van der Waals surface area contributed by atoms with E-state index in [2.05, 4.69) is 5.32 Å². The van der Waals surface area contributed by atoms with Gasteiger partial charge < -0.3 is 10.4 Å². The summed E-state index contributed by atoms with van der Waals surface area (Å²) in [4.78, 5) is 22.6. The standard InChI is InChI=1S/C17H15F2NO3/c18-13-5-1-3-11(9-13)4-2-6-16(21)20-15-10-12(17(22)23)7-8-14(15)19/h1,3,5,7-10H,2,4,6H2,(H,20,21)(H,22,23). The molecule has 0 unspecified atom stereocenters. The molecule has 0 atom stereocenters. The van der Waals surface area contributed by atoms with Crippen LogP contribution in [0.4, 0.5) is 14.5 Å². The molecule has 0 saturated carbocycles. The van der Waals surface area contributed by atoms with Gasteiger partial charge in [-0.2, -0.15) is 0 Å². The average molecular weight is 319 g/mol. The number of anilines is 1. The van der Waals surface area contributed by atoms with E-state index < -0.39 is 17.7 Å². The topological polar surface area (TPSA) is 66.4 Å². The number of hydrogen-bond acceptors (Lipinski definition) is 2. The predicted molar refractivity (Wildman–Crippen MR) is 81.3 cm³/mol. The Hall–Kier alpha value is -2.76. The molecule has 1 amide bonds. The number of halogens is 2. The second kappa shape index (κ2) is 7.49. The van der Waals surface area contributed by atoms with Gasteiger partial charge in [0.05, 0.1) is 11.3 Å². The molecular weight excluding hydrogens is 304 g/mol. The summed E-state index contributed by atoms with van der Waals surface area (Å²) in [6, 6.07) is 9.28. The quantitative estimate of drug-likeness (QED) is 0.854. The smallest absolute Gasteiger partial charge is 0.335 e. The number of rotatable bonds is 6. The van der Waals surface area contributed by atoms with E-state index in [4.69, 9.17) is 5.11 Å². The monoisotopic (exact) mass is 319 g/mol. The van der Waals surface area contributed by atoms with Gasteiger partial charge in [0, 0.05) is 6.42 Å². The van der Waals surface area contributed by atoms with Gasteiger partial charge in [-0.05, 0) is 48.7 Å². The second-order valence-electron chi connectivity index (χ2n) is 5.03. The Morgan fingerprint density at radius 3 is 2.57 bits per heavy atom. The maximum absolute atomic E-state index is 13.6. The van der Waals surface area contributed by atoms with Crippen LogP contribution < -0.4 is 5.32 Å². The van der Waals surface area contributed by atoms with Crippen LogP contribution in [0.25, 0.3) is 0 Å². The lowest BCUT2D eigenvalue weighted by Crippen LogP contribution is -2.13. The van der Waals surface area contributed by atoms with Crippen molar-refractivity contribution in [3.63, 3.8) is 0 Å². The number of amides is 1. The summed E-state index contributed by atoms with van der Waals surface area (Å²) in [5.41, 5.74) is 0.499. The van der Waals surface area contributed by atoms with Gasteiger partial charge in [0.1, 0.15) is 11.6 Å². The van der Waals surface area contributed by atoms with E-state index in [0.717, 1.165) is 23.8 Å². The lowest BCUT2D eigenvalue weighted by Gasteiger charge is -2.07. The van der Waals surface area contributed by atoms with E-state index in [1.807, 2.05) is 0 Å². The number of hydrogen-bond donors (Lipinski definition) is 2. The molecule has 2 aromatic carbocycles. The van der Waals surface area contributed by atoms with Crippen molar-refractivity contribution in [3.8, 4) is 0 Å². The Morgan fingerprint density at radius 1 is 1.09 bits per heavy atom. The van der Waals surface area contributed by atoms with Gasteiger partial charge in [-0.15, -0.1) is 0 Å². The van der Waals surface area contributed by atoms with Gasteiger partial charge in [0.15, 0.2) is 0 Å². The van der Waals surface area contributed by atoms with Crippen LogP contribution in [0, 0.1) is 11.6 Å². The van der Waals surface area contributed by atoms with Gasteiger partial charge in [-0.3, -0.25) is 4.79 Å². The minimum absolute atomic E-state index is 0.110. The van der Waals surface area contributed by atoms with Gasteiger partial charge in [0.2, 0.25) is 5.91 Å². The van der Waals surface area contributed by atoms with Gasteiger partial charge >= 0.3 is 5.97 Å². The summed E-state index contributed by atoms with van der Waals surface area (Å²) >= 11 is 0. The number of aromatic carboxylic acids is 1. The van der Waals surface area contributed by atoms with Crippen molar-refractivity contribution >= 4 is 17.6 Å². The highest BCUT2D eigenvalue weighted by atomic mass is 19.1. The SMILES string of the molecule is O=C(CCCc1cccc(F)c1)Nc1cc(C(=O)O)ccc1F. The third kappa shape index (κ3) is 4.88. The summed E-state index contributed by atoms with van der Waals surface area (Å²) in [5.74, 6) is -2.66. The summed E-state index contributed by atoms with van der Waals surface area (Å²) < 4.78 is 26.6. The fourth-order valence-corrected chi connectivity index (χ4v) is 2.11. The first-order valence-electron chi connectivity index (χ1n) is 7.03. The van der Waals surface area contributed by atoms with E-state index in [1.165, 1.54) is 12.1 Å². The molecule has 0 radical (unpaired) electrons. The summed E-state index contributed by atoms with van der Waals surface area (Å²) in [5, 5.41) is 11.2. The molecule has 0 aliphatic carbocycles. The van der Waals surface area contributed by atoms with Gasteiger partial charge in [-0.1, -0.05) is 12.1 Å². The first kappa shape index (κ1) is 16.6. The minimum Gasteiger partial charge on any atom is -0.478 e. The summed E-state index contributed by atoms with van der Waals surface area (Å²) in [6.45, 7) is 0. The number of carbonyl (C=O) groups excluding carboxylic acids is 1. The average Bonchev–Trinajstić information content (AvgIpc) is 2.49. The normalized spacial score (nSPS) is 10.3.